The predicted octanol–water partition coefficient (Wildman–Crippen LogP) is 23.3. The topological polar surface area (TPSA) is 304 Å². The van der Waals surface area contributed by atoms with Crippen LogP contribution >= 0.6 is 15.9 Å². The molecule has 0 spiro atoms. The number of para-hydroxylation sites is 8. The molecular formula is C99H98BrN7O16. The van der Waals surface area contributed by atoms with Gasteiger partial charge in [0.05, 0.1) is 36.2 Å². The third-order valence-electron chi connectivity index (χ3n) is 17.7. The zero-order valence-electron chi connectivity index (χ0n) is 66.9. The molecule has 0 saturated carbocycles. The Hall–Kier alpha value is -15.0. The van der Waals surface area contributed by atoms with Gasteiger partial charge in [0.1, 0.15) is 58.8 Å². The van der Waals surface area contributed by atoms with E-state index in [1.165, 1.54) is 21.8 Å². The first-order valence-electron chi connectivity index (χ1n) is 38.4. The number of rotatable bonds is 23. The van der Waals surface area contributed by atoms with E-state index < -0.39 is 40.4 Å². The smallest absolute Gasteiger partial charge is 0.382 e. The van der Waals surface area contributed by atoms with Crippen LogP contribution in [0.2, 0.25) is 0 Å². The molecule has 24 heteroatoms. The van der Waals surface area contributed by atoms with Gasteiger partial charge in [-0.2, -0.15) is 0 Å². The highest BCUT2D eigenvalue weighted by Gasteiger charge is 2.33. The molecular weight excluding hydrogens is 1620 g/mol. The van der Waals surface area contributed by atoms with Gasteiger partial charge in [0, 0.05) is 92.2 Å². The number of nitro groups is 2. The number of Topliss-reactive ketones (excluding diaryl/α,β-unsaturated/α-hetero) is 1. The zero-order valence-corrected chi connectivity index (χ0v) is 68.4. The Kier molecular flexibility index (Phi) is 38.7. The number of H-pyrrole nitrogens is 1. The fraction of sp³-hybridized carbons (Fsp3) is 0.141. The number of nitrogens with one attached hydrogen (secondary N) is 1. The minimum absolute atomic E-state index is 0. The number of hydrogen-bond acceptors (Lipinski definition) is 16. The van der Waals surface area contributed by atoms with Gasteiger partial charge in [0.25, 0.3) is 12.5 Å². The number of carbonyl (C=O) groups excluding carboxylic acids is 4. The molecule has 4 aromatic heterocycles. The normalized spacial score (nSPS) is 10.6. The fourth-order valence-corrected chi connectivity index (χ4v) is 12.4. The maximum absolute atomic E-state index is 12.1. The molecule has 4 heterocycles. The van der Waals surface area contributed by atoms with Gasteiger partial charge in [-0.05, 0) is 218 Å². The van der Waals surface area contributed by atoms with Crippen molar-refractivity contribution in [1.29, 1.82) is 0 Å². The molecule has 0 saturated heterocycles. The summed E-state index contributed by atoms with van der Waals surface area (Å²) in [6.45, 7) is 7.99. The minimum Gasteiger partial charge on any atom is -0.481 e. The first-order valence-corrected chi connectivity index (χ1v) is 39.2. The fourth-order valence-electron chi connectivity index (χ4n) is 12.1. The summed E-state index contributed by atoms with van der Waals surface area (Å²) in [5.74, 6) is 4.05. The number of fused-ring (bicyclic) bond motifs is 4. The first kappa shape index (κ1) is 95.1. The Balaban J connectivity index is 0.000000211. The van der Waals surface area contributed by atoms with Crippen molar-refractivity contribution < 1.29 is 67.3 Å². The average Bonchev–Trinajstić information content (AvgIpc) is 1.64. The molecule has 0 fully saturated rings. The SMILES string of the molecule is Brc1ccc(Oc2ccccc2)cc1.C.C.C=O.CC(=O)O.CCC(=O)C[N+](=O)[O-].CCOC(=O)C(Cc1cn(-c2ccc(Oc3ccccc3)cc2)c2ccccc12)[N+](=O)[O-].CCOC(=O)C(N)Cc1cn(-c2ccc(Oc3ccccc3)cc2)c2ccccc12.c1ccc(Oc2ccc(-n3ccc4ccccc43)cc2)cc1.c1ccc2[nH]ccc2c1. The number of benzene rings is 12. The van der Waals surface area contributed by atoms with Crippen molar-refractivity contribution in [1.82, 2.24) is 18.7 Å². The molecule has 12 aromatic carbocycles. The highest BCUT2D eigenvalue weighted by atomic mass is 79.9. The Bertz CT molecular complexity index is 5880. The van der Waals surface area contributed by atoms with E-state index in [0.717, 1.165) is 96.1 Å². The van der Waals surface area contributed by atoms with Crippen LogP contribution < -0.4 is 24.7 Å². The van der Waals surface area contributed by atoms with Crippen molar-refractivity contribution in [3.8, 4) is 63.1 Å². The summed E-state index contributed by atoms with van der Waals surface area (Å²) in [7, 11) is 0. The minimum atomic E-state index is -1.45. The van der Waals surface area contributed by atoms with Crippen LogP contribution in [0.4, 0.5) is 0 Å². The van der Waals surface area contributed by atoms with Gasteiger partial charge in [-0.25, -0.2) is 4.79 Å². The van der Waals surface area contributed by atoms with Gasteiger partial charge < -0.3 is 62.7 Å². The number of aromatic nitrogens is 4. The standard InChI is InChI=1S/C25H22N2O5.C25H24N2O3.C20H15NO.C12H9BrO.C8H7N.C4H7NO3.C2H4O2.CH2O.2CH4/c1-2-31-25(28)24(27(29)30)16-18-17-26(23-11-7-6-10-22(18)23)19-12-14-21(15-13-19)32-20-8-4-3-5-9-20;1-2-29-25(28)23(26)16-18-17-27(24-11-7-6-10-22(18)24)19-12-14-21(15-13-19)30-20-8-4-3-5-9-20;1-2-7-18(8-3-1)22-19-12-10-17(11-13-19)21-15-14-16-6-4-5-9-20(16)21;13-10-6-8-12(9-7-10)14-11-4-2-1-3-5-11;1-2-4-8-7(3-1)5-6-9-8;1-2-4(6)3-5(7)8;1-2(3)4;1-2;;/h3-15,17,24H,2,16H2,1H3;3-15,17,23H,2,16,26H2,1H3;1-15H;1-9H;1-6,9H;2-3H2,1H3;1H3,(H,3,4);1H2;2*1H4. The predicted molar refractivity (Wildman–Crippen MR) is 489 cm³/mol. The third-order valence-corrected chi connectivity index (χ3v) is 18.2. The molecule has 632 valence electrons. The van der Waals surface area contributed by atoms with Crippen LogP contribution in [0.25, 0.3) is 60.7 Å². The number of carboxylic acid groups (broad SMARTS) is 1. The number of hydrogen-bond donors (Lipinski definition) is 3. The van der Waals surface area contributed by atoms with E-state index in [0.29, 0.717) is 24.3 Å². The number of aliphatic carboxylic acids is 1. The highest BCUT2D eigenvalue weighted by Crippen LogP contribution is 2.33. The highest BCUT2D eigenvalue weighted by molar-refractivity contribution is 9.10. The monoisotopic (exact) mass is 1720 g/mol. The lowest BCUT2D eigenvalue weighted by Gasteiger charge is -2.09. The van der Waals surface area contributed by atoms with Crippen LogP contribution in [0.5, 0.6) is 46.0 Å². The number of aromatic amines is 1. The van der Waals surface area contributed by atoms with Crippen molar-refractivity contribution in [2.45, 2.75) is 73.9 Å². The lowest BCUT2D eigenvalue weighted by Crippen LogP contribution is -2.34. The first-order chi connectivity index (χ1) is 58.8. The van der Waals surface area contributed by atoms with Gasteiger partial charge in [0.2, 0.25) is 5.78 Å². The summed E-state index contributed by atoms with van der Waals surface area (Å²) in [6.07, 6.45) is 8.55. The summed E-state index contributed by atoms with van der Waals surface area (Å²) < 4.78 is 40.4. The van der Waals surface area contributed by atoms with Crippen molar-refractivity contribution in [3.05, 3.63) is 388 Å². The largest absolute Gasteiger partial charge is 0.481 e. The molecule has 123 heavy (non-hydrogen) atoms. The molecule has 0 radical (unpaired) electrons. The summed E-state index contributed by atoms with van der Waals surface area (Å²) in [6, 6.07) is 105. The second-order valence-electron chi connectivity index (χ2n) is 26.2. The Labute approximate surface area is 722 Å². The number of nitrogens with zero attached hydrogens (tertiary/aromatic N) is 5. The van der Waals surface area contributed by atoms with Crippen LogP contribution in [0.1, 0.15) is 60.1 Å². The van der Waals surface area contributed by atoms with Crippen LogP contribution in [-0.2, 0) is 46.3 Å². The number of esters is 2. The number of halogens is 1. The van der Waals surface area contributed by atoms with Crippen LogP contribution in [0.3, 0.4) is 0 Å². The second-order valence-corrected chi connectivity index (χ2v) is 27.1. The Morgan fingerprint density at radius 3 is 1.16 bits per heavy atom. The van der Waals surface area contributed by atoms with E-state index in [1.54, 1.807) is 20.8 Å². The van der Waals surface area contributed by atoms with E-state index in [1.807, 2.05) is 291 Å². The zero-order chi connectivity index (χ0) is 86.3. The molecule has 0 bridgehead atoms. The lowest BCUT2D eigenvalue weighted by molar-refractivity contribution is -0.510. The number of carboxylic acids is 1. The van der Waals surface area contributed by atoms with Gasteiger partial charge in [-0.1, -0.05) is 183 Å². The number of carbonyl (C=O) groups is 5. The van der Waals surface area contributed by atoms with Crippen molar-refractivity contribution in [3.63, 3.8) is 0 Å². The second kappa shape index (κ2) is 50.0. The number of ketones is 1. The van der Waals surface area contributed by atoms with Gasteiger partial charge in [-0.3, -0.25) is 34.6 Å². The van der Waals surface area contributed by atoms with Gasteiger partial charge in [0.15, 0.2) is 0 Å². The molecule has 16 aromatic rings. The van der Waals surface area contributed by atoms with Gasteiger partial charge >= 0.3 is 18.0 Å². The molecule has 23 nitrogen and oxygen atoms in total. The molecule has 0 aliphatic rings. The number of ether oxygens (including phenoxy) is 6. The third kappa shape index (κ3) is 29.5. The summed E-state index contributed by atoms with van der Waals surface area (Å²) in [5, 5.41) is 32.9. The van der Waals surface area contributed by atoms with E-state index in [4.69, 9.17) is 48.9 Å². The van der Waals surface area contributed by atoms with E-state index in [-0.39, 0.29) is 46.1 Å². The van der Waals surface area contributed by atoms with Crippen molar-refractivity contribution in [2.75, 3.05) is 19.8 Å². The molecule has 16 rings (SSSR count). The summed E-state index contributed by atoms with van der Waals surface area (Å²) >= 11 is 3.38. The Morgan fingerprint density at radius 2 is 0.780 bits per heavy atom. The maximum atomic E-state index is 12.1. The summed E-state index contributed by atoms with van der Waals surface area (Å²) in [4.78, 5) is 74.2. The molecule has 2 unspecified atom stereocenters. The molecule has 0 aliphatic carbocycles. The van der Waals surface area contributed by atoms with E-state index in [9.17, 15) is 34.6 Å². The lowest BCUT2D eigenvalue weighted by atomic mass is 10.1. The molecule has 2 atom stereocenters. The molecule has 4 N–H and O–H groups in total. The van der Waals surface area contributed by atoms with Crippen LogP contribution in [0, 0.1) is 20.2 Å². The molecule has 0 amide bonds. The van der Waals surface area contributed by atoms with E-state index >= 15 is 0 Å². The molecule has 0 aliphatic heterocycles. The van der Waals surface area contributed by atoms with Crippen LogP contribution in [-0.4, -0.2) is 96.0 Å². The van der Waals surface area contributed by atoms with Gasteiger partial charge in [-0.15, -0.1) is 0 Å². The van der Waals surface area contributed by atoms with E-state index in [2.05, 4.69) is 103 Å². The van der Waals surface area contributed by atoms with Crippen LogP contribution in [0.15, 0.2) is 357 Å². The number of nitrogens with two attached hydrogens (primary N) is 1. The quantitative estimate of drug-likeness (QED) is 0.0304. The average molecular weight is 1720 g/mol. The maximum Gasteiger partial charge on any atom is 0.382 e. The Morgan fingerprint density at radius 1 is 0.439 bits per heavy atom. The summed E-state index contributed by atoms with van der Waals surface area (Å²) in [5.41, 5.74) is 15.2. The van der Waals surface area contributed by atoms with Crippen molar-refractivity contribution in [2.24, 2.45) is 5.73 Å². The van der Waals surface area contributed by atoms with Crippen molar-refractivity contribution >= 4 is 90.0 Å².